The normalized spacial score (nSPS) is 15.0. The molecule has 2 aromatic carbocycles. The van der Waals surface area contributed by atoms with E-state index < -0.39 is 0 Å². The number of hydrogen-bond acceptors (Lipinski definition) is 3. The van der Waals surface area contributed by atoms with E-state index in [0.29, 0.717) is 5.75 Å². The van der Waals surface area contributed by atoms with E-state index in [1.165, 1.54) is 22.3 Å². The third-order valence-electron chi connectivity index (χ3n) is 4.47. The number of rotatable bonds is 1. The summed E-state index contributed by atoms with van der Waals surface area (Å²) < 4.78 is 5.37. The maximum atomic E-state index is 9.74. The highest BCUT2D eigenvalue weighted by Crippen LogP contribution is 2.25. The van der Waals surface area contributed by atoms with Gasteiger partial charge in [-0.15, -0.1) is 12.4 Å². The highest BCUT2D eigenvalue weighted by atomic mass is 35.5. The molecule has 1 aliphatic heterocycles. The highest BCUT2D eigenvalue weighted by Gasteiger charge is 2.13. The first-order valence-electron chi connectivity index (χ1n) is 7.81. The molecule has 1 N–H and O–H groups in total. The Morgan fingerprint density at radius 3 is 2.39 bits per heavy atom. The van der Waals surface area contributed by atoms with Crippen LogP contribution in [-0.4, -0.2) is 30.7 Å². The molecule has 0 aliphatic carbocycles. The predicted molar refractivity (Wildman–Crippen MR) is 95.8 cm³/mol. The monoisotopic (exact) mass is 333 g/mol. The predicted octanol–water partition coefficient (Wildman–Crippen LogP) is 3.60. The second-order valence-corrected chi connectivity index (χ2v) is 6.08. The number of phenolic OH excluding ortho intramolecular Hbond substituents is 1. The van der Waals surface area contributed by atoms with E-state index in [1.54, 1.807) is 13.2 Å². The molecule has 23 heavy (non-hydrogen) atoms. The number of nitrogens with zero attached hydrogens (tertiary/aromatic N) is 1. The minimum absolute atomic E-state index is 0. The van der Waals surface area contributed by atoms with Crippen molar-refractivity contribution in [2.45, 2.75) is 25.8 Å². The number of aryl methyl sites for hydroxylation is 2. The zero-order valence-electron chi connectivity index (χ0n) is 13.7. The smallest absolute Gasteiger partial charge is 0.119 e. The van der Waals surface area contributed by atoms with Crippen molar-refractivity contribution in [3.8, 4) is 11.5 Å². The van der Waals surface area contributed by atoms with Crippen molar-refractivity contribution in [2.75, 3.05) is 20.7 Å². The second kappa shape index (κ2) is 7.71. The molecular weight excluding hydrogens is 310 g/mol. The van der Waals surface area contributed by atoms with Crippen molar-refractivity contribution in [1.29, 1.82) is 0 Å². The Bertz CT molecular complexity index is 672. The molecule has 4 heteroatoms. The fraction of sp³-hybridized carbons (Fsp3) is 0.368. The Morgan fingerprint density at radius 1 is 0.913 bits per heavy atom. The van der Waals surface area contributed by atoms with Gasteiger partial charge in [-0.05, 0) is 72.8 Å². The Hall–Kier alpha value is -1.71. The first kappa shape index (κ1) is 17.6. The zero-order valence-corrected chi connectivity index (χ0v) is 14.5. The zero-order chi connectivity index (χ0) is 15.5. The first-order chi connectivity index (χ1) is 10.7. The quantitative estimate of drug-likeness (QED) is 0.865. The van der Waals surface area contributed by atoms with Gasteiger partial charge >= 0.3 is 0 Å². The molecule has 1 heterocycles. The first-order valence-corrected chi connectivity index (χ1v) is 7.81. The van der Waals surface area contributed by atoms with Crippen LogP contribution in [0.5, 0.6) is 11.5 Å². The van der Waals surface area contributed by atoms with Gasteiger partial charge in [-0.25, -0.2) is 0 Å². The van der Waals surface area contributed by atoms with Crippen LogP contribution in [0, 0.1) is 0 Å². The minimum atomic E-state index is 0. The van der Waals surface area contributed by atoms with Gasteiger partial charge in [0.2, 0.25) is 0 Å². The molecule has 3 nitrogen and oxygen atoms in total. The lowest BCUT2D eigenvalue weighted by atomic mass is 9.94. The average Bonchev–Trinajstić information content (AvgIpc) is 2.52. The van der Waals surface area contributed by atoms with Crippen LogP contribution < -0.4 is 4.74 Å². The molecule has 0 aromatic heterocycles. The van der Waals surface area contributed by atoms with Gasteiger partial charge in [0.1, 0.15) is 11.5 Å². The molecular formula is C19H24ClNO2. The minimum Gasteiger partial charge on any atom is -0.508 e. The van der Waals surface area contributed by atoms with Crippen LogP contribution in [0.4, 0.5) is 0 Å². The number of halogens is 1. The molecule has 0 fully saturated rings. The van der Waals surface area contributed by atoms with Crippen LogP contribution in [0.15, 0.2) is 36.4 Å². The molecule has 0 spiro atoms. The fourth-order valence-electron chi connectivity index (χ4n) is 3.16. The van der Waals surface area contributed by atoms with E-state index in [2.05, 4.69) is 30.1 Å². The number of benzene rings is 2. The third kappa shape index (κ3) is 4.18. The molecule has 0 unspecified atom stereocenters. The summed E-state index contributed by atoms with van der Waals surface area (Å²) in [5.74, 6) is 1.28. The van der Waals surface area contributed by atoms with E-state index >= 15 is 0 Å². The SMILES string of the molecule is COc1ccc2c(c1)CCc1ccc(O)cc1CCN(C)C2.Cl. The Morgan fingerprint density at radius 2 is 1.61 bits per heavy atom. The molecule has 0 saturated carbocycles. The highest BCUT2D eigenvalue weighted by molar-refractivity contribution is 5.85. The molecule has 0 bridgehead atoms. The lowest BCUT2D eigenvalue weighted by Crippen LogP contribution is -2.23. The summed E-state index contributed by atoms with van der Waals surface area (Å²) in [4.78, 5) is 2.34. The van der Waals surface area contributed by atoms with Crippen LogP contribution in [0.3, 0.4) is 0 Å². The number of aromatic hydroxyl groups is 1. The van der Waals surface area contributed by atoms with Gasteiger partial charge in [0, 0.05) is 13.1 Å². The Kier molecular flexibility index (Phi) is 5.91. The lowest BCUT2D eigenvalue weighted by molar-refractivity contribution is 0.328. The second-order valence-electron chi connectivity index (χ2n) is 6.08. The van der Waals surface area contributed by atoms with Gasteiger partial charge in [-0.1, -0.05) is 12.1 Å². The Balaban J connectivity index is 0.00000192. The molecule has 0 radical (unpaired) electrons. The lowest BCUT2D eigenvalue weighted by Gasteiger charge is -2.22. The molecule has 124 valence electrons. The van der Waals surface area contributed by atoms with Crippen molar-refractivity contribution < 1.29 is 9.84 Å². The molecule has 0 amide bonds. The van der Waals surface area contributed by atoms with Crippen molar-refractivity contribution >= 4 is 12.4 Å². The van der Waals surface area contributed by atoms with E-state index in [-0.39, 0.29) is 12.4 Å². The van der Waals surface area contributed by atoms with Gasteiger partial charge in [0.25, 0.3) is 0 Å². The van der Waals surface area contributed by atoms with E-state index in [4.69, 9.17) is 4.74 Å². The average molecular weight is 334 g/mol. The summed E-state index contributed by atoms with van der Waals surface area (Å²) in [5, 5.41) is 9.74. The summed E-state index contributed by atoms with van der Waals surface area (Å²) in [5.41, 5.74) is 5.33. The van der Waals surface area contributed by atoms with Crippen LogP contribution in [0.2, 0.25) is 0 Å². The van der Waals surface area contributed by atoms with Crippen molar-refractivity contribution in [3.63, 3.8) is 0 Å². The van der Waals surface area contributed by atoms with E-state index in [1.807, 2.05) is 12.1 Å². The molecule has 0 saturated heterocycles. The van der Waals surface area contributed by atoms with Gasteiger partial charge in [0.15, 0.2) is 0 Å². The maximum absolute atomic E-state index is 9.74. The molecule has 3 rings (SSSR count). The number of ether oxygens (including phenoxy) is 1. The number of fused-ring (bicyclic) bond motifs is 2. The molecule has 0 atom stereocenters. The van der Waals surface area contributed by atoms with E-state index in [0.717, 1.165) is 38.1 Å². The third-order valence-corrected chi connectivity index (χ3v) is 4.47. The largest absolute Gasteiger partial charge is 0.508 e. The molecule has 1 aliphatic rings. The summed E-state index contributed by atoms with van der Waals surface area (Å²) >= 11 is 0. The molecule has 2 aromatic rings. The summed E-state index contributed by atoms with van der Waals surface area (Å²) in [6, 6.07) is 12.2. The number of phenols is 1. The topological polar surface area (TPSA) is 32.7 Å². The maximum Gasteiger partial charge on any atom is 0.119 e. The number of likely N-dealkylation sites (N-methyl/N-ethyl adjacent to an activating group) is 1. The van der Waals surface area contributed by atoms with Crippen molar-refractivity contribution in [1.82, 2.24) is 4.90 Å². The van der Waals surface area contributed by atoms with Gasteiger partial charge in [-0.3, -0.25) is 0 Å². The van der Waals surface area contributed by atoms with Crippen LogP contribution >= 0.6 is 12.4 Å². The van der Waals surface area contributed by atoms with Gasteiger partial charge in [0.05, 0.1) is 7.11 Å². The van der Waals surface area contributed by atoms with Crippen LogP contribution in [0.1, 0.15) is 22.3 Å². The van der Waals surface area contributed by atoms with Crippen molar-refractivity contribution in [2.24, 2.45) is 0 Å². The van der Waals surface area contributed by atoms with Gasteiger partial charge in [-0.2, -0.15) is 0 Å². The summed E-state index contributed by atoms with van der Waals surface area (Å²) in [6.07, 6.45) is 2.98. The Labute approximate surface area is 144 Å². The number of hydrogen-bond donors (Lipinski definition) is 1. The standard InChI is InChI=1S/C19H23NO2.ClH/c1-20-10-9-16-11-18(21)7-5-14(16)3-4-15-12-19(22-2)8-6-17(15)13-20;/h5-8,11-12,21H,3-4,9-10,13H2,1-2H3;1H. The van der Waals surface area contributed by atoms with Crippen LogP contribution in [-0.2, 0) is 25.8 Å². The number of methoxy groups -OCH3 is 1. The summed E-state index contributed by atoms with van der Waals surface area (Å²) in [7, 11) is 3.87. The van der Waals surface area contributed by atoms with Crippen molar-refractivity contribution in [3.05, 3.63) is 58.7 Å². The fourth-order valence-corrected chi connectivity index (χ4v) is 3.16. The summed E-state index contributed by atoms with van der Waals surface area (Å²) in [6.45, 7) is 1.94. The van der Waals surface area contributed by atoms with E-state index in [9.17, 15) is 5.11 Å². The van der Waals surface area contributed by atoms with Gasteiger partial charge < -0.3 is 14.7 Å². The van der Waals surface area contributed by atoms with Crippen LogP contribution in [0.25, 0.3) is 0 Å².